The minimum atomic E-state index is 1.37. The molecule has 0 heterocycles. The van der Waals surface area contributed by atoms with Crippen LogP contribution >= 0.6 is 0 Å². The SMILES string of the molecule is C=C/C=C\N=N/C=C. The average molecular weight is 108 g/mol. The molecule has 0 saturated carbocycles. The first-order valence-electron chi connectivity index (χ1n) is 2.20. The summed E-state index contributed by atoms with van der Waals surface area (Å²) in [6.07, 6.45) is 6.22. The molecule has 0 aromatic carbocycles. The zero-order chi connectivity index (χ0) is 6.24. The molecule has 0 atom stereocenters. The van der Waals surface area contributed by atoms with Crippen molar-refractivity contribution in [3.63, 3.8) is 0 Å². The molecule has 0 aromatic rings. The van der Waals surface area contributed by atoms with Gasteiger partial charge in [-0.2, -0.15) is 10.2 Å². The van der Waals surface area contributed by atoms with E-state index in [-0.39, 0.29) is 0 Å². The Kier molecular flexibility index (Phi) is 4.96. The van der Waals surface area contributed by atoms with E-state index >= 15 is 0 Å². The molecule has 0 aliphatic heterocycles. The van der Waals surface area contributed by atoms with Crippen molar-refractivity contribution in [1.29, 1.82) is 0 Å². The highest BCUT2D eigenvalue weighted by atomic mass is 15.1. The Morgan fingerprint density at radius 1 is 1.12 bits per heavy atom. The van der Waals surface area contributed by atoms with Crippen molar-refractivity contribution >= 4 is 0 Å². The molecular weight excluding hydrogens is 100 g/mol. The molecule has 0 radical (unpaired) electrons. The molecule has 0 aliphatic rings. The summed E-state index contributed by atoms with van der Waals surface area (Å²) in [6.45, 7) is 6.78. The minimum Gasteiger partial charge on any atom is -0.160 e. The fraction of sp³-hybridized carbons (Fsp3) is 0. The van der Waals surface area contributed by atoms with Crippen molar-refractivity contribution in [3.8, 4) is 0 Å². The van der Waals surface area contributed by atoms with E-state index in [0.717, 1.165) is 0 Å². The van der Waals surface area contributed by atoms with Gasteiger partial charge >= 0.3 is 0 Å². The Morgan fingerprint density at radius 2 is 1.88 bits per heavy atom. The quantitative estimate of drug-likeness (QED) is 0.391. The van der Waals surface area contributed by atoms with E-state index in [1.165, 1.54) is 12.4 Å². The van der Waals surface area contributed by atoms with Crippen LogP contribution in [0.2, 0.25) is 0 Å². The van der Waals surface area contributed by atoms with Gasteiger partial charge in [0.2, 0.25) is 0 Å². The Hall–Kier alpha value is -1.18. The van der Waals surface area contributed by atoms with Crippen LogP contribution in [0, 0.1) is 0 Å². The molecule has 2 nitrogen and oxygen atoms in total. The molecule has 0 bridgehead atoms. The first kappa shape index (κ1) is 6.82. The fourth-order valence-electron chi connectivity index (χ4n) is 0.185. The lowest BCUT2D eigenvalue weighted by atomic mass is 10.6. The summed E-state index contributed by atoms with van der Waals surface area (Å²) in [5, 5.41) is 7.00. The van der Waals surface area contributed by atoms with Gasteiger partial charge in [-0.05, 0) is 6.08 Å². The topological polar surface area (TPSA) is 24.7 Å². The van der Waals surface area contributed by atoms with Gasteiger partial charge in [0.25, 0.3) is 0 Å². The summed E-state index contributed by atoms with van der Waals surface area (Å²) in [5.41, 5.74) is 0. The van der Waals surface area contributed by atoms with Crippen LogP contribution in [0.15, 0.2) is 47.9 Å². The number of hydrogen-bond donors (Lipinski definition) is 0. The summed E-state index contributed by atoms with van der Waals surface area (Å²) in [4.78, 5) is 0. The third kappa shape index (κ3) is 4.82. The first-order valence-corrected chi connectivity index (χ1v) is 2.20. The third-order valence-corrected chi connectivity index (χ3v) is 0.437. The van der Waals surface area contributed by atoms with Crippen molar-refractivity contribution in [2.75, 3.05) is 0 Å². The second kappa shape index (κ2) is 5.82. The molecule has 0 aromatic heterocycles. The van der Waals surface area contributed by atoms with E-state index in [1.807, 2.05) is 0 Å². The monoisotopic (exact) mass is 108 g/mol. The van der Waals surface area contributed by atoms with E-state index in [2.05, 4.69) is 23.4 Å². The van der Waals surface area contributed by atoms with Crippen LogP contribution in [0.5, 0.6) is 0 Å². The number of allylic oxidation sites excluding steroid dienone is 2. The van der Waals surface area contributed by atoms with Crippen molar-refractivity contribution in [1.82, 2.24) is 0 Å². The van der Waals surface area contributed by atoms with Gasteiger partial charge < -0.3 is 0 Å². The van der Waals surface area contributed by atoms with Gasteiger partial charge in [0.1, 0.15) is 0 Å². The maximum Gasteiger partial charge on any atom is 0.0495 e. The summed E-state index contributed by atoms with van der Waals surface area (Å²) in [5.74, 6) is 0. The van der Waals surface area contributed by atoms with Crippen LogP contribution in [-0.4, -0.2) is 0 Å². The van der Waals surface area contributed by atoms with Crippen molar-refractivity contribution in [2.45, 2.75) is 0 Å². The molecule has 0 fully saturated rings. The van der Waals surface area contributed by atoms with E-state index in [0.29, 0.717) is 0 Å². The maximum atomic E-state index is 3.53. The number of azo groups is 1. The van der Waals surface area contributed by atoms with Crippen LogP contribution in [-0.2, 0) is 0 Å². The maximum absolute atomic E-state index is 3.53. The van der Waals surface area contributed by atoms with E-state index in [4.69, 9.17) is 0 Å². The molecule has 0 rings (SSSR count). The second-order valence-electron chi connectivity index (χ2n) is 0.991. The lowest BCUT2D eigenvalue weighted by molar-refractivity contribution is 1.23. The largest absolute Gasteiger partial charge is 0.160 e. The van der Waals surface area contributed by atoms with Crippen molar-refractivity contribution < 1.29 is 0 Å². The highest BCUT2D eigenvalue weighted by Gasteiger charge is 1.55. The third-order valence-electron chi connectivity index (χ3n) is 0.437. The van der Waals surface area contributed by atoms with Gasteiger partial charge in [0.05, 0.1) is 0 Å². The first-order chi connectivity index (χ1) is 3.91. The lowest BCUT2D eigenvalue weighted by Crippen LogP contribution is -1.44. The Bertz CT molecular complexity index is 106. The molecule has 0 aliphatic carbocycles. The zero-order valence-corrected chi connectivity index (χ0v) is 4.62. The fourth-order valence-corrected chi connectivity index (χ4v) is 0.185. The molecule has 0 unspecified atom stereocenters. The van der Waals surface area contributed by atoms with Crippen molar-refractivity contribution in [3.05, 3.63) is 37.7 Å². The predicted octanol–water partition coefficient (Wildman–Crippen LogP) is 2.28. The van der Waals surface area contributed by atoms with Gasteiger partial charge in [-0.25, -0.2) is 0 Å². The highest BCUT2D eigenvalue weighted by Crippen LogP contribution is 1.77. The minimum absolute atomic E-state index is 1.37. The van der Waals surface area contributed by atoms with Gasteiger partial charge in [0.15, 0.2) is 0 Å². The Balaban J connectivity index is 3.41. The molecular formula is C6H8N2. The average Bonchev–Trinajstić information content (AvgIpc) is 1.81. The van der Waals surface area contributed by atoms with Crippen LogP contribution in [0.3, 0.4) is 0 Å². The molecule has 42 valence electrons. The number of rotatable bonds is 3. The summed E-state index contributed by atoms with van der Waals surface area (Å²) in [7, 11) is 0. The van der Waals surface area contributed by atoms with E-state index in [9.17, 15) is 0 Å². The molecule has 0 N–H and O–H groups in total. The molecule has 0 spiro atoms. The van der Waals surface area contributed by atoms with E-state index < -0.39 is 0 Å². The standard InChI is InChI=1S/C6H8N2/c1-3-5-6-8-7-4-2/h3-6H,1-2H2/b6-5-,8-7-. The number of nitrogens with zero attached hydrogens (tertiary/aromatic N) is 2. The van der Waals surface area contributed by atoms with E-state index in [1.54, 1.807) is 12.2 Å². The predicted molar refractivity (Wildman–Crippen MR) is 34.4 cm³/mol. The number of hydrogen-bond acceptors (Lipinski definition) is 2. The molecule has 0 amide bonds. The van der Waals surface area contributed by atoms with Gasteiger partial charge in [-0.3, -0.25) is 0 Å². The summed E-state index contributed by atoms with van der Waals surface area (Å²) in [6, 6.07) is 0. The van der Waals surface area contributed by atoms with Crippen LogP contribution in [0.4, 0.5) is 0 Å². The summed E-state index contributed by atoms with van der Waals surface area (Å²) >= 11 is 0. The van der Waals surface area contributed by atoms with Crippen LogP contribution < -0.4 is 0 Å². The molecule has 8 heavy (non-hydrogen) atoms. The molecule has 2 heteroatoms. The second-order valence-corrected chi connectivity index (χ2v) is 0.991. The highest BCUT2D eigenvalue weighted by molar-refractivity contribution is 4.95. The lowest BCUT2D eigenvalue weighted by Gasteiger charge is -1.67. The van der Waals surface area contributed by atoms with Gasteiger partial charge in [-0.1, -0.05) is 19.2 Å². The Morgan fingerprint density at radius 3 is 2.38 bits per heavy atom. The summed E-state index contributed by atoms with van der Waals surface area (Å²) < 4.78 is 0. The van der Waals surface area contributed by atoms with Crippen LogP contribution in [0.1, 0.15) is 0 Å². The molecule has 0 saturated heterocycles. The normalized spacial score (nSPS) is 10.5. The van der Waals surface area contributed by atoms with Gasteiger partial charge in [-0.15, -0.1) is 0 Å². The smallest absolute Gasteiger partial charge is 0.0495 e. The zero-order valence-electron chi connectivity index (χ0n) is 4.62. The van der Waals surface area contributed by atoms with Gasteiger partial charge in [0, 0.05) is 12.4 Å². The van der Waals surface area contributed by atoms with Crippen molar-refractivity contribution in [2.24, 2.45) is 10.2 Å². The Labute approximate surface area is 48.9 Å². The van der Waals surface area contributed by atoms with Crippen LogP contribution in [0.25, 0.3) is 0 Å².